The van der Waals surface area contributed by atoms with Gasteiger partial charge in [-0.3, -0.25) is 15.1 Å². The predicted octanol–water partition coefficient (Wildman–Crippen LogP) is 3.49. The van der Waals surface area contributed by atoms with Crippen molar-refractivity contribution >= 4 is 17.5 Å². The monoisotopic (exact) mass is 470 g/mol. The van der Waals surface area contributed by atoms with Gasteiger partial charge in [-0.25, -0.2) is 9.78 Å². The molecule has 3 aromatic rings. The first-order valence-corrected chi connectivity index (χ1v) is 10.7. The quantitative estimate of drug-likeness (QED) is 0.481. The fraction of sp³-hybridized carbons (Fsp3) is 0.391. The standard InChI is InChI=1S/C23H30N6O5/c1-8-13-11-19(30)27-21(24-13)29-18(12-17(28-29)23(2,3)4)26-22(31)25-14-9-15(32-5)20(34-7)16(10-14)33-6/h9-12H,8H2,1-7H3,(H,24,27,30)(H2,25,26,31). The van der Waals surface area contributed by atoms with E-state index < -0.39 is 6.03 Å². The van der Waals surface area contributed by atoms with E-state index in [4.69, 9.17) is 14.2 Å². The number of H-pyrrole nitrogens is 1. The third kappa shape index (κ3) is 5.30. The Hall–Kier alpha value is -4.02. The molecular weight excluding hydrogens is 440 g/mol. The molecule has 11 nitrogen and oxygen atoms in total. The Morgan fingerprint density at radius 3 is 2.21 bits per heavy atom. The summed E-state index contributed by atoms with van der Waals surface area (Å²) in [4.78, 5) is 32.2. The van der Waals surface area contributed by atoms with Gasteiger partial charge in [0.25, 0.3) is 5.56 Å². The molecule has 0 atom stereocenters. The Balaban J connectivity index is 1.96. The molecule has 0 radical (unpaired) electrons. The summed E-state index contributed by atoms with van der Waals surface area (Å²) in [5.74, 6) is 1.76. The zero-order valence-electron chi connectivity index (χ0n) is 20.4. The summed E-state index contributed by atoms with van der Waals surface area (Å²) in [6.07, 6.45) is 0.578. The number of methoxy groups -OCH3 is 3. The van der Waals surface area contributed by atoms with E-state index in [-0.39, 0.29) is 16.9 Å². The summed E-state index contributed by atoms with van der Waals surface area (Å²) < 4.78 is 17.4. The first-order chi connectivity index (χ1) is 16.1. The molecule has 0 spiro atoms. The molecule has 2 heterocycles. The van der Waals surface area contributed by atoms with Crippen LogP contribution in [0.4, 0.5) is 16.3 Å². The number of urea groups is 1. The smallest absolute Gasteiger partial charge is 0.324 e. The van der Waals surface area contributed by atoms with E-state index in [0.29, 0.717) is 46.6 Å². The van der Waals surface area contributed by atoms with Crippen LogP contribution in [0.5, 0.6) is 17.2 Å². The van der Waals surface area contributed by atoms with Crippen LogP contribution >= 0.6 is 0 Å². The Morgan fingerprint density at radius 1 is 1.03 bits per heavy atom. The van der Waals surface area contributed by atoms with Gasteiger partial charge in [-0.1, -0.05) is 27.7 Å². The number of aromatic nitrogens is 4. The van der Waals surface area contributed by atoms with Gasteiger partial charge >= 0.3 is 6.03 Å². The molecule has 3 rings (SSSR count). The van der Waals surface area contributed by atoms with Gasteiger partial charge < -0.3 is 19.5 Å². The van der Waals surface area contributed by atoms with Crippen LogP contribution in [-0.2, 0) is 11.8 Å². The first-order valence-electron chi connectivity index (χ1n) is 10.7. The molecule has 2 aromatic heterocycles. The predicted molar refractivity (Wildman–Crippen MR) is 129 cm³/mol. The van der Waals surface area contributed by atoms with Gasteiger partial charge in [0, 0.05) is 35.4 Å². The van der Waals surface area contributed by atoms with Gasteiger partial charge in [-0.2, -0.15) is 9.78 Å². The Morgan fingerprint density at radius 2 is 1.68 bits per heavy atom. The van der Waals surface area contributed by atoms with Crippen LogP contribution in [0.1, 0.15) is 39.1 Å². The van der Waals surface area contributed by atoms with Crippen molar-refractivity contribution in [1.29, 1.82) is 0 Å². The number of ether oxygens (including phenoxy) is 3. The van der Waals surface area contributed by atoms with Crippen molar-refractivity contribution < 1.29 is 19.0 Å². The molecule has 0 fully saturated rings. The van der Waals surface area contributed by atoms with Crippen LogP contribution in [0.25, 0.3) is 5.95 Å². The van der Waals surface area contributed by atoms with E-state index in [9.17, 15) is 9.59 Å². The van der Waals surface area contributed by atoms with Crippen molar-refractivity contribution in [1.82, 2.24) is 19.7 Å². The summed E-state index contributed by atoms with van der Waals surface area (Å²) in [5, 5.41) is 10.1. The molecule has 1 aromatic carbocycles. The number of nitrogens with one attached hydrogen (secondary N) is 3. The maximum atomic E-state index is 12.9. The maximum absolute atomic E-state index is 12.9. The molecule has 0 saturated heterocycles. The average molecular weight is 471 g/mol. The molecule has 0 bridgehead atoms. The highest BCUT2D eigenvalue weighted by atomic mass is 16.5. The molecule has 11 heteroatoms. The van der Waals surface area contributed by atoms with Crippen LogP contribution in [-0.4, -0.2) is 47.1 Å². The maximum Gasteiger partial charge on any atom is 0.324 e. The van der Waals surface area contributed by atoms with E-state index in [2.05, 4.69) is 25.7 Å². The highest BCUT2D eigenvalue weighted by Crippen LogP contribution is 2.40. The molecule has 182 valence electrons. The summed E-state index contributed by atoms with van der Waals surface area (Å²) >= 11 is 0. The Kier molecular flexibility index (Phi) is 7.14. The number of rotatable bonds is 7. The number of anilines is 2. The molecule has 3 N–H and O–H groups in total. The van der Waals surface area contributed by atoms with Crippen LogP contribution in [0.15, 0.2) is 29.1 Å². The van der Waals surface area contributed by atoms with Crippen molar-refractivity contribution in [2.24, 2.45) is 0 Å². The van der Waals surface area contributed by atoms with Crippen LogP contribution in [0.2, 0.25) is 0 Å². The second kappa shape index (κ2) is 9.86. The normalized spacial score (nSPS) is 11.1. The number of amides is 2. The van der Waals surface area contributed by atoms with Crippen LogP contribution in [0, 0.1) is 0 Å². The fourth-order valence-electron chi connectivity index (χ4n) is 3.21. The van der Waals surface area contributed by atoms with Gasteiger partial charge in [-0.05, 0) is 6.42 Å². The third-order valence-electron chi connectivity index (χ3n) is 4.99. The minimum Gasteiger partial charge on any atom is -0.493 e. The number of hydrogen-bond donors (Lipinski definition) is 3. The zero-order chi connectivity index (χ0) is 25.0. The first kappa shape index (κ1) is 24.6. The molecule has 0 saturated carbocycles. The second-order valence-electron chi connectivity index (χ2n) is 8.48. The van der Waals surface area contributed by atoms with Gasteiger partial charge in [0.2, 0.25) is 11.7 Å². The Labute approximate surface area is 197 Å². The molecule has 0 aliphatic rings. The SMILES string of the molecule is CCc1cc(=O)[nH]c(-n2nc(C(C)(C)C)cc2NC(=O)Nc2cc(OC)c(OC)c(OC)c2)n1. The summed E-state index contributed by atoms with van der Waals surface area (Å²) in [7, 11) is 4.48. The Bertz CT molecular complexity index is 1220. The number of aromatic amines is 1. The van der Waals surface area contributed by atoms with Crippen molar-refractivity contribution in [2.75, 3.05) is 32.0 Å². The lowest BCUT2D eigenvalue weighted by Crippen LogP contribution is -2.23. The highest BCUT2D eigenvalue weighted by Gasteiger charge is 2.23. The topological polar surface area (TPSA) is 132 Å². The summed E-state index contributed by atoms with van der Waals surface area (Å²) in [6.45, 7) is 7.90. The number of nitrogens with zero attached hydrogens (tertiary/aromatic N) is 3. The summed E-state index contributed by atoms with van der Waals surface area (Å²) in [6, 6.07) is 5.87. The van der Waals surface area contributed by atoms with Gasteiger partial charge in [-0.15, -0.1) is 0 Å². The second-order valence-corrected chi connectivity index (χ2v) is 8.48. The number of aryl methyl sites for hydroxylation is 1. The van der Waals surface area contributed by atoms with E-state index in [1.807, 2.05) is 27.7 Å². The lowest BCUT2D eigenvalue weighted by atomic mass is 9.92. The highest BCUT2D eigenvalue weighted by molar-refractivity contribution is 5.99. The molecule has 2 amide bonds. The lowest BCUT2D eigenvalue weighted by Gasteiger charge is -2.15. The van der Waals surface area contributed by atoms with E-state index in [0.717, 1.165) is 0 Å². The van der Waals surface area contributed by atoms with Gasteiger partial charge in [0.15, 0.2) is 11.5 Å². The van der Waals surface area contributed by atoms with Crippen molar-refractivity contribution in [2.45, 2.75) is 39.5 Å². The number of hydrogen-bond acceptors (Lipinski definition) is 7. The molecule has 0 aliphatic heterocycles. The van der Waals surface area contributed by atoms with Gasteiger partial charge in [0.1, 0.15) is 5.82 Å². The largest absolute Gasteiger partial charge is 0.493 e. The fourth-order valence-corrected chi connectivity index (χ4v) is 3.21. The molecule has 0 unspecified atom stereocenters. The molecule has 0 aliphatic carbocycles. The average Bonchev–Trinajstić information content (AvgIpc) is 3.22. The number of carbonyl (C=O) groups is 1. The van der Waals surface area contributed by atoms with Crippen LogP contribution < -0.4 is 30.4 Å². The molecular formula is C23H30N6O5. The van der Waals surface area contributed by atoms with Crippen LogP contribution in [0.3, 0.4) is 0 Å². The third-order valence-corrected chi connectivity index (χ3v) is 4.99. The number of carbonyl (C=O) groups excluding carboxylic acids is 1. The lowest BCUT2D eigenvalue weighted by molar-refractivity contribution is 0.262. The van der Waals surface area contributed by atoms with E-state index in [1.54, 1.807) is 18.2 Å². The molecule has 34 heavy (non-hydrogen) atoms. The van der Waals surface area contributed by atoms with E-state index >= 15 is 0 Å². The zero-order valence-corrected chi connectivity index (χ0v) is 20.4. The minimum absolute atomic E-state index is 0.211. The summed E-state index contributed by atoms with van der Waals surface area (Å²) in [5.41, 5.74) is 1.13. The van der Waals surface area contributed by atoms with Crippen molar-refractivity contribution in [3.63, 3.8) is 0 Å². The van der Waals surface area contributed by atoms with Crippen molar-refractivity contribution in [3.05, 3.63) is 46.0 Å². The minimum atomic E-state index is -0.537. The van der Waals surface area contributed by atoms with Crippen molar-refractivity contribution in [3.8, 4) is 23.2 Å². The number of benzene rings is 1. The van der Waals surface area contributed by atoms with Gasteiger partial charge in [0.05, 0.1) is 32.7 Å². The van der Waals surface area contributed by atoms with E-state index in [1.165, 1.54) is 32.1 Å².